The summed E-state index contributed by atoms with van der Waals surface area (Å²) in [5.74, 6) is -1.98. The Labute approximate surface area is 138 Å². The van der Waals surface area contributed by atoms with Gasteiger partial charge in [-0.15, -0.1) is 0 Å². The lowest BCUT2D eigenvalue weighted by atomic mass is 9.83. The number of ketones is 2. The van der Waals surface area contributed by atoms with Crippen molar-refractivity contribution in [3.63, 3.8) is 0 Å². The molecule has 0 unspecified atom stereocenters. The number of rotatable bonds is 1. The van der Waals surface area contributed by atoms with Crippen LogP contribution >= 0.6 is 0 Å². The van der Waals surface area contributed by atoms with Crippen molar-refractivity contribution in [2.45, 2.75) is 20.8 Å². The number of benzene rings is 2. The summed E-state index contributed by atoms with van der Waals surface area (Å²) in [5, 5.41) is 10.4. The quantitative estimate of drug-likeness (QED) is 0.549. The van der Waals surface area contributed by atoms with E-state index in [-0.39, 0.29) is 28.2 Å². The summed E-state index contributed by atoms with van der Waals surface area (Å²) in [6.07, 6.45) is 0. The number of carbonyl (C=O) groups is 3. The fourth-order valence-electron chi connectivity index (χ4n) is 2.49. The van der Waals surface area contributed by atoms with Gasteiger partial charge in [-0.05, 0) is 32.9 Å². The Morgan fingerprint density at radius 1 is 0.917 bits per heavy atom. The van der Waals surface area contributed by atoms with Crippen molar-refractivity contribution in [3.05, 3.63) is 58.7 Å². The Bertz CT molecular complexity index is 887. The lowest BCUT2D eigenvalue weighted by Gasteiger charge is -2.21. The number of carbonyl (C=O) groups excluding carboxylic acids is 3. The van der Waals surface area contributed by atoms with E-state index in [2.05, 4.69) is 0 Å². The Kier molecular flexibility index (Phi) is 3.52. The van der Waals surface area contributed by atoms with Crippen LogP contribution in [0.5, 0.6) is 11.5 Å². The van der Waals surface area contributed by atoms with Crippen molar-refractivity contribution < 1.29 is 24.2 Å². The van der Waals surface area contributed by atoms with Crippen LogP contribution < -0.4 is 4.74 Å². The summed E-state index contributed by atoms with van der Waals surface area (Å²) in [4.78, 5) is 37.2. The molecular formula is C19H16O5. The van der Waals surface area contributed by atoms with Gasteiger partial charge in [-0.1, -0.05) is 24.3 Å². The molecular weight excluding hydrogens is 308 g/mol. The Balaban J connectivity index is 2.11. The summed E-state index contributed by atoms with van der Waals surface area (Å²) in [7, 11) is 0. The van der Waals surface area contributed by atoms with Crippen LogP contribution in [0.25, 0.3) is 0 Å². The number of aromatic hydroxyl groups is 1. The highest BCUT2D eigenvalue weighted by Gasteiger charge is 2.34. The highest BCUT2D eigenvalue weighted by atomic mass is 16.5. The molecule has 122 valence electrons. The molecule has 0 saturated carbocycles. The largest absolute Gasteiger partial charge is 0.504 e. The highest BCUT2D eigenvalue weighted by Crippen LogP contribution is 2.39. The average Bonchev–Trinajstić information content (AvgIpc) is 2.53. The Morgan fingerprint density at radius 3 is 2.08 bits per heavy atom. The van der Waals surface area contributed by atoms with Gasteiger partial charge in [0.15, 0.2) is 23.1 Å². The minimum absolute atomic E-state index is 0.103. The van der Waals surface area contributed by atoms with Crippen molar-refractivity contribution >= 4 is 17.5 Å². The van der Waals surface area contributed by atoms with Crippen LogP contribution in [0.4, 0.5) is 0 Å². The first-order chi connectivity index (χ1) is 11.2. The van der Waals surface area contributed by atoms with Crippen LogP contribution in [0.3, 0.4) is 0 Å². The predicted octanol–water partition coefficient (Wildman–Crippen LogP) is 3.12. The van der Waals surface area contributed by atoms with E-state index in [0.717, 1.165) is 0 Å². The standard InChI is InChI=1S/C19H16O5/c1-19(2,3)18(23)24-13-9-8-12-14(17(13)22)16(21)11-7-5-4-6-10(11)15(12)20/h4-9,22H,1-3H3. The molecule has 5 nitrogen and oxygen atoms in total. The molecule has 0 saturated heterocycles. The van der Waals surface area contributed by atoms with Crippen LogP contribution in [-0.4, -0.2) is 22.6 Å². The predicted molar refractivity (Wildman–Crippen MR) is 86.5 cm³/mol. The number of fused-ring (bicyclic) bond motifs is 2. The number of ether oxygens (including phenoxy) is 1. The van der Waals surface area contributed by atoms with Gasteiger partial charge in [0.25, 0.3) is 0 Å². The van der Waals surface area contributed by atoms with Gasteiger partial charge in [0.2, 0.25) is 0 Å². The number of esters is 1. The van der Waals surface area contributed by atoms with Gasteiger partial charge in [0.1, 0.15) is 0 Å². The van der Waals surface area contributed by atoms with Crippen LogP contribution in [-0.2, 0) is 4.79 Å². The molecule has 0 aliphatic heterocycles. The topological polar surface area (TPSA) is 80.7 Å². The monoisotopic (exact) mass is 324 g/mol. The summed E-state index contributed by atoms with van der Waals surface area (Å²) >= 11 is 0. The van der Waals surface area contributed by atoms with Crippen molar-refractivity contribution in [2.24, 2.45) is 5.41 Å². The maximum absolute atomic E-state index is 12.7. The molecule has 1 aliphatic rings. The van der Waals surface area contributed by atoms with Gasteiger partial charge in [-0.3, -0.25) is 14.4 Å². The molecule has 0 radical (unpaired) electrons. The second-order valence-electron chi connectivity index (χ2n) is 6.68. The van der Waals surface area contributed by atoms with Gasteiger partial charge >= 0.3 is 5.97 Å². The van der Waals surface area contributed by atoms with E-state index < -0.39 is 22.9 Å². The van der Waals surface area contributed by atoms with Gasteiger partial charge in [-0.2, -0.15) is 0 Å². The third-order valence-corrected chi connectivity index (χ3v) is 3.84. The molecule has 0 spiro atoms. The molecule has 3 rings (SSSR count). The molecule has 2 aromatic carbocycles. The smallest absolute Gasteiger partial charge is 0.316 e. The van der Waals surface area contributed by atoms with Crippen molar-refractivity contribution in [3.8, 4) is 11.5 Å². The number of phenolic OH excluding ortho intramolecular Hbond substituents is 1. The zero-order valence-corrected chi connectivity index (χ0v) is 13.5. The molecule has 5 heteroatoms. The second-order valence-corrected chi connectivity index (χ2v) is 6.68. The molecule has 0 aromatic heterocycles. The summed E-state index contributed by atoms with van der Waals surface area (Å²) in [6.45, 7) is 5.03. The lowest BCUT2D eigenvalue weighted by Crippen LogP contribution is -2.26. The maximum atomic E-state index is 12.7. The van der Waals surface area contributed by atoms with Gasteiger partial charge in [-0.25, -0.2) is 0 Å². The fourth-order valence-corrected chi connectivity index (χ4v) is 2.49. The molecule has 1 N–H and O–H groups in total. The maximum Gasteiger partial charge on any atom is 0.316 e. The minimum Gasteiger partial charge on any atom is -0.504 e. The van der Waals surface area contributed by atoms with Crippen LogP contribution in [0.2, 0.25) is 0 Å². The number of hydrogen-bond donors (Lipinski definition) is 1. The van der Waals surface area contributed by atoms with E-state index in [1.807, 2.05) is 0 Å². The fraction of sp³-hybridized carbons (Fsp3) is 0.211. The summed E-state index contributed by atoms with van der Waals surface area (Å²) in [5.41, 5.74) is -0.266. The van der Waals surface area contributed by atoms with Gasteiger partial charge in [0.05, 0.1) is 11.0 Å². The van der Waals surface area contributed by atoms with E-state index in [0.29, 0.717) is 5.56 Å². The highest BCUT2D eigenvalue weighted by molar-refractivity contribution is 6.29. The number of phenols is 1. The zero-order chi connectivity index (χ0) is 17.6. The second kappa shape index (κ2) is 5.30. The van der Waals surface area contributed by atoms with E-state index in [1.165, 1.54) is 18.2 Å². The van der Waals surface area contributed by atoms with Crippen LogP contribution in [0.1, 0.15) is 52.6 Å². The molecule has 0 amide bonds. The first-order valence-electron chi connectivity index (χ1n) is 7.48. The average molecular weight is 324 g/mol. The third kappa shape index (κ3) is 2.38. The molecule has 1 aliphatic carbocycles. The summed E-state index contributed by atoms with van der Waals surface area (Å²) < 4.78 is 5.19. The molecule has 24 heavy (non-hydrogen) atoms. The minimum atomic E-state index is -0.769. The molecule has 2 aromatic rings. The molecule has 0 heterocycles. The van der Waals surface area contributed by atoms with E-state index in [9.17, 15) is 19.5 Å². The van der Waals surface area contributed by atoms with Crippen LogP contribution in [0.15, 0.2) is 36.4 Å². The van der Waals surface area contributed by atoms with Crippen LogP contribution in [0, 0.1) is 5.41 Å². The van der Waals surface area contributed by atoms with Crippen molar-refractivity contribution in [1.29, 1.82) is 0 Å². The summed E-state index contributed by atoms with van der Waals surface area (Å²) in [6, 6.07) is 9.16. The van der Waals surface area contributed by atoms with Gasteiger partial charge in [0, 0.05) is 16.7 Å². The van der Waals surface area contributed by atoms with Crippen molar-refractivity contribution in [1.82, 2.24) is 0 Å². The third-order valence-electron chi connectivity index (χ3n) is 3.84. The normalized spacial score (nSPS) is 13.3. The van der Waals surface area contributed by atoms with E-state index in [4.69, 9.17) is 4.74 Å². The van der Waals surface area contributed by atoms with E-state index in [1.54, 1.807) is 39.0 Å². The molecule has 0 fully saturated rings. The Hall–Kier alpha value is -2.95. The first-order valence-corrected chi connectivity index (χ1v) is 7.48. The number of hydrogen-bond acceptors (Lipinski definition) is 5. The first kappa shape index (κ1) is 15.9. The van der Waals surface area contributed by atoms with Crippen molar-refractivity contribution in [2.75, 3.05) is 0 Å². The SMILES string of the molecule is CC(C)(C)C(=O)Oc1ccc2c(c1O)C(=O)c1ccccc1C2=O. The molecule has 0 atom stereocenters. The lowest BCUT2D eigenvalue weighted by molar-refractivity contribution is -0.143. The van der Waals surface area contributed by atoms with E-state index >= 15 is 0 Å². The Morgan fingerprint density at radius 2 is 1.50 bits per heavy atom. The molecule has 0 bridgehead atoms. The van der Waals surface area contributed by atoms with Gasteiger partial charge < -0.3 is 9.84 Å². The zero-order valence-electron chi connectivity index (χ0n) is 13.5.